The Morgan fingerprint density at radius 2 is 1.92 bits per heavy atom. The lowest BCUT2D eigenvalue weighted by Crippen LogP contribution is -2.39. The maximum absolute atomic E-state index is 13.3. The summed E-state index contributed by atoms with van der Waals surface area (Å²) < 4.78 is 27.9. The molecule has 0 fully saturated rings. The van der Waals surface area contributed by atoms with E-state index in [1.807, 2.05) is 0 Å². The number of nitrogens with one attached hydrogen (secondary N) is 2. The van der Waals surface area contributed by atoms with Crippen LogP contribution in [0.3, 0.4) is 0 Å². The largest absolute Gasteiger partial charge is 0.489 e. The highest BCUT2D eigenvalue weighted by atomic mass is 35.5. The SMILES string of the molecule is CCOC(=O)c1[nH]c2cc(Cl)cc(Cl)c2c1CN(CC(=O)OC)C(=O)Nc1ccccc1OCCF. The van der Waals surface area contributed by atoms with Gasteiger partial charge in [0, 0.05) is 21.5 Å². The Balaban J connectivity index is 2.02. The number of esters is 2. The highest BCUT2D eigenvalue weighted by Crippen LogP contribution is 2.34. The monoisotopic (exact) mass is 539 g/mol. The Hall–Kier alpha value is -3.50. The minimum absolute atomic E-state index is 0.0605. The van der Waals surface area contributed by atoms with Crippen molar-refractivity contribution in [1.82, 2.24) is 9.88 Å². The molecule has 1 heterocycles. The van der Waals surface area contributed by atoms with Crippen LogP contribution in [0.25, 0.3) is 10.9 Å². The lowest BCUT2D eigenvalue weighted by Gasteiger charge is -2.23. The molecule has 3 rings (SSSR count). The summed E-state index contributed by atoms with van der Waals surface area (Å²) in [6.07, 6.45) is 0. The number of rotatable bonds is 10. The van der Waals surface area contributed by atoms with Crippen LogP contribution in [-0.4, -0.2) is 61.4 Å². The van der Waals surface area contributed by atoms with Crippen molar-refractivity contribution >= 4 is 57.8 Å². The van der Waals surface area contributed by atoms with Crippen LogP contribution in [-0.2, 0) is 20.8 Å². The van der Waals surface area contributed by atoms with E-state index in [0.717, 1.165) is 4.90 Å². The van der Waals surface area contributed by atoms with Gasteiger partial charge in [0.25, 0.3) is 0 Å². The fraction of sp³-hybridized carbons (Fsp3) is 0.292. The number of carbonyl (C=O) groups excluding carboxylic acids is 3. The van der Waals surface area contributed by atoms with Gasteiger partial charge in [0.05, 0.1) is 31.0 Å². The van der Waals surface area contributed by atoms with Crippen molar-refractivity contribution in [2.75, 3.05) is 38.9 Å². The average molecular weight is 540 g/mol. The number of halogens is 3. The summed E-state index contributed by atoms with van der Waals surface area (Å²) in [6, 6.07) is 8.84. The molecule has 36 heavy (non-hydrogen) atoms. The summed E-state index contributed by atoms with van der Waals surface area (Å²) in [4.78, 5) is 42.2. The lowest BCUT2D eigenvalue weighted by atomic mass is 10.1. The summed E-state index contributed by atoms with van der Waals surface area (Å²) in [5.74, 6) is -1.11. The second kappa shape index (κ2) is 12.5. The fourth-order valence-electron chi connectivity index (χ4n) is 3.50. The first kappa shape index (κ1) is 27.1. The van der Waals surface area contributed by atoms with E-state index in [-0.39, 0.29) is 41.9 Å². The molecule has 12 heteroatoms. The van der Waals surface area contributed by atoms with Crippen molar-refractivity contribution in [3.8, 4) is 5.75 Å². The topological polar surface area (TPSA) is 110 Å². The number of aromatic nitrogens is 1. The number of anilines is 1. The molecular weight excluding hydrogens is 516 g/mol. The molecule has 0 aliphatic carbocycles. The van der Waals surface area contributed by atoms with Gasteiger partial charge in [0.2, 0.25) is 0 Å². The number of aromatic amines is 1. The molecule has 0 spiro atoms. The molecule has 9 nitrogen and oxygen atoms in total. The fourth-order valence-corrected chi connectivity index (χ4v) is 4.11. The van der Waals surface area contributed by atoms with Crippen molar-refractivity contribution in [2.45, 2.75) is 13.5 Å². The van der Waals surface area contributed by atoms with Crippen LogP contribution in [0.15, 0.2) is 36.4 Å². The Kier molecular flexibility index (Phi) is 9.38. The summed E-state index contributed by atoms with van der Waals surface area (Å²) in [5, 5.41) is 3.68. The Morgan fingerprint density at radius 3 is 2.61 bits per heavy atom. The third-order valence-corrected chi connectivity index (χ3v) is 5.56. The number of hydrogen-bond donors (Lipinski definition) is 2. The van der Waals surface area contributed by atoms with Gasteiger partial charge in [-0.2, -0.15) is 0 Å². The van der Waals surface area contributed by atoms with Crippen molar-refractivity contribution in [3.63, 3.8) is 0 Å². The molecule has 2 amide bonds. The first-order valence-electron chi connectivity index (χ1n) is 10.9. The number of methoxy groups -OCH3 is 1. The third-order valence-electron chi connectivity index (χ3n) is 5.04. The molecule has 192 valence electrons. The molecule has 2 aromatic carbocycles. The first-order valence-corrected chi connectivity index (χ1v) is 11.6. The number of para-hydroxylation sites is 2. The zero-order chi connectivity index (χ0) is 26.2. The van der Waals surface area contributed by atoms with Crippen molar-refractivity contribution < 1.29 is 33.0 Å². The standard InChI is InChI=1S/C24H24Cl2FN3O6/c1-3-35-23(32)22-15(21-16(26)10-14(25)11-18(21)28-22)12-30(13-20(31)34-2)24(33)29-17-6-4-5-7-19(17)36-9-8-27/h4-7,10-11,28H,3,8-9,12-13H2,1-2H3,(H,29,33). The highest BCUT2D eigenvalue weighted by Gasteiger charge is 2.27. The smallest absolute Gasteiger partial charge is 0.355 e. The lowest BCUT2D eigenvalue weighted by molar-refractivity contribution is -0.141. The zero-order valence-electron chi connectivity index (χ0n) is 19.5. The van der Waals surface area contributed by atoms with Gasteiger partial charge in [-0.1, -0.05) is 35.3 Å². The molecule has 0 atom stereocenters. The minimum atomic E-state index is -0.710. The maximum atomic E-state index is 13.3. The first-order chi connectivity index (χ1) is 17.3. The van der Waals surface area contributed by atoms with Crippen LogP contribution < -0.4 is 10.1 Å². The molecule has 0 saturated heterocycles. The van der Waals surface area contributed by atoms with Crippen LogP contribution in [0.5, 0.6) is 5.75 Å². The highest BCUT2D eigenvalue weighted by molar-refractivity contribution is 6.39. The van der Waals surface area contributed by atoms with E-state index in [4.69, 9.17) is 37.4 Å². The Labute approximate surface area is 216 Å². The molecule has 2 N–H and O–H groups in total. The molecule has 0 saturated carbocycles. The average Bonchev–Trinajstić information content (AvgIpc) is 3.21. The van der Waals surface area contributed by atoms with E-state index in [1.165, 1.54) is 13.2 Å². The van der Waals surface area contributed by atoms with Crippen molar-refractivity contribution in [2.24, 2.45) is 0 Å². The van der Waals surface area contributed by atoms with Gasteiger partial charge in [-0.15, -0.1) is 0 Å². The minimum Gasteiger partial charge on any atom is -0.489 e. The van der Waals surface area contributed by atoms with E-state index in [2.05, 4.69) is 10.3 Å². The van der Waals surface area contributed by atoms with E-state index in [0.29, 0.717) is 21.5 Å². The van der Waals surface area contributed by atoms with Crippen molar-refractivity contribution in [1.29, 1.82) is 0 Å². The van der Waals surface area contributed by atoms with Gasteiger partial charge in [-0.3, -0.25) is 4.79 Å². The summed E-state index contributed by atoms with van der Waals surface area (Å²) in [6.45, 7) is 0.199. The maximum Gasteiger partial charge on any atom is 0.355 e. The van der Waals surface area contributed by atoms with Gasteiger partial charge >= 0.3 is 18.0 Å². The van der Waals surface area contributed by atoms with Gasteiger partial charge in [-0.05, 0) is 31.2 Å². The predicted octanol–water partition coefficient (Wildman–Crippen LogP) is 5.21. The summed E-state index contributed by atoms with van der Waals surface area (Å²) in [5.41, 5.74) is 1.10. The quantitative estimate of drug-likeness (QED) is 0.342. The number of H-pyrrole nitrogens is 1. The number of amides is 2. The van der Waals surface area contributed by atoms with E-state index >= 15 is 0 Å². The molecule has 1 aromatic heterocycles. The second-order valence-electron chi connectivity index (χ2n) is 7.41. The Morgan fingerprint density at radius 1 is 1.17 bits per heavy atom. The van der Waals surface area contributed by atoms with Gasteiger partial charge in [-0.25, -0.2) is 14.0 Å². The van der Waals surface area contributed by atoms with Crippen LogP contribution >= 0.6 is 23.2 Å². The van der Waals surface area contributed by atoms with E-state index in [9.17, 15) is 18.8 Å². The third kappa shape index (κ3) is 6.38. The Bertz CT molecular complexity index is 1270. The van der Waals surface area contributed by atoms with E-state index < -0.39 is 31.2 Å². The molecule has 0 aliphatic heterocycles. The van der Waals surface area contributed by atoms with Crippen LogP contribution in [0.4, 0.5) is 14.9 Å². The zero-order valence-corrected chi connectivity index (χ0v) is 21.0. The van der Waals surface area contributed by atoms with Crippen molar-refractivity contribution in [3.05, 3.63) is 57.7 Å². The van der Waals surface area contributed by atoms with E-state index in [1.54, 1.807) is 37.3 Å². The molecule has 0 bridgehead atoms. The predicted molar refractivity (Wildman–Crippen MR) is 134 cm³/mol. The summed E-state index contributed by atoms with van der Waals surface area (Å²) in [7, 11) is 1.19. The number of carbonyl (C=O) groups is 3. The number of benzene rings is 2. The van der Waals surface area contributed by atoms with Crippen LogP contribution in [0, 0.1) is 0 Å². The molecule has 0 unspecified atom stereocenters. The second-order valence-corrected chi connectivity index (χ2v) is 8.25. The normalized spacial score (nSPS) is 10.7. The van der Waals surface area contributed by atoms with Gasteiger partial charge in [0.1, 0.15) is 31.3 Å². The van der Waals surface area contributed by atoms with Crippen LogP contribution in [0.2, 0.25) is 10.0 Å². The number of ether oxygens (including phenoxy) is 3. The molecule has 0 aliphatic rings. The summed E-state index contributed by atoms with van der Waals surface area (Å²) >= 11 is 12.6. The molecule has 3 aromatic rings. The molecule has 0 radical (unpaired) electrons. The number of fused-ring (bicyclic) bond motifs is 1. The number of nitrogens with zero attached hydrogens (tertiary/aromatic N) is 1. The van der Waals surface area contributed by atoms with Crippen LogP contribution in [0.1, 0.15) is 23.0 Å². The van der Waals surface area contributed by atoms with Gasteiger partial charge < -0.3 is 29.4 Å². The van der Waals surface area contributed by atoms with Gasteiger partial charge in [0.15, 0.2) is 0 Å². The number of hydrogen-bond acceptors (Lipinski definition) is 6. The number of urea groups is 1. The molecular formula is C24H24Cl2FN3O6. The number of alkyl halides is 1.